The van der Waals surface area contributed by atoms with E-state index in [1.165, 1.54) is 64.2 Å². The number of likely N-dealkylation sites (N-methyl/N-ethyl adjacent to an activating group) is 1. The van der Waals surface area contributed by atoms with Crippen LogP contribution in [0.15, 0.2) is 0 Å². The first-order valence-electron chi connectivity index (χ1n) is 9.23. The van der Waals surface area contributed by atoms with Crippen LogP contribution in [0.3, 0.4) is 0 Å². The molecule has 0 fully saturated rings. The Balaban J connectivity index is 3.35. The van der Waals surface area contributed by atoms with Gasteiger partial charge in [0.15, 0.2) is 5.78 Å². The molecule has 0 aromatic carbocycles. The molecule has 0 saturated heterocycles. The molecule has 0 saturated carbocycles. The van der Waals surface area contributed by atoms with E-state index in [4.69, 9.17) is 0 Å². The monoisotopic (exact) mass is 298 g/mol. The number of hydrogen-bond acceptors (Lipinski definition) is 1. The predicted molar refractivity (Wildman–Crippen MR) is 93.6 cm³/mol. The highest BCUT2D eigenvalue weighted by Gasteiger charge is 2.25. The molecule has 2 nitrogen and oxygen atoms in total. The van der Waals surface area contributed by atoms with Gasteiger partial charge in [0.1, 0.15) is 6.04 Å². The van der Waals surface area contributed by atoms with Crippen molar-refractivity contribution in [2.75, 3.05) is 21.1 Å². The highest BCUT2D eigenvalue weighted by molar-refractivity contribution is 5.82. The summed E-state index contributed by atoms with van der Waals surface area (Å²) in [6.45, 7) is 4.33. The van der Waals surface area contributed by atoms with Crippen molar-refractivity contribution in [1.82, 2.24) is 0 Å². The number of carbonyl (C=O) groups excluding carboxylic acids is 1. The van der Waals surface area contributed by atoms with Gasteiger partial charge in [-0.3, -0.25) is 4.79 Å². The van der Waals surface area contributed by atoms with E-state index in [1.54, 1.807) is 0 Å². The van der Waals surface area contributed by atoms with Crippen molar-refractivity contribution < 1.29 is 9.28 Å². The maximum Gasteiger partial charge on any atom is 0.189 e. The van der Waals surface area contributed by atoms with E-state index in [9.17, 15) is 4.79 Å². The Labute approximate surface area is 133 Å². The largest absolute Gasteiger partial charge is 0.323 e. The topological polar surface area (TPSA) is 17.1 Å². The molecule has 126 valence electrons. The highest BCUT2D eigenvalue weighted by Crippen LogP contribution is 2.13. The summed E-state index contributed by atoms with van der Waals surface area (Å²) in [4.78, 5) is 12.0. The second kappa shape index (κ2) is 12.2. The maximum absolute atomic E-state index is 12.0. The molecule has 21 heavy (non-hydrogen) atoms. The number of nitrogens with zero attached hydrogens (tertiary/aromatic N) is 1. The van der Waals surface area contributed by atoms with Crippen LogP contribution in [0.25, 0.3) is 0 Å². The lowest BCUT2D eigenvalue weighted by Gasteiger charge is -2.30. The molecule has 0 bridgehead atoms. The lowest BCUT2D eigenvalue weighted by Crippen LogP contribution is -2.47. The van der Waals surface area contributed by atoms with Gasteiger partial charge in [-0.05, 0) is 13.3 Å². The lowest BCUT2D eigenvalue weighted by molar-refractivity contribution is -0.884. The number of Topliss-reactive ketones (excluding diaryl/α,β-unsaturated/α-hetero) is 1. The quantitative estimate of drug-likeness (QED) is 0.312. The van der Waals surface area contributed by atoms with Gasteiger partial charge in [0.05, 0.1) is 21.1 Å². The summed E-state index contributed by atoms with van der Waals surface area (Å²) < 4.78 is 0.747. The van der Waals surface area contributed by atoms with E-state index in [0.29, 0.717) is 5.78 Å². The van der Waals surface area contributed by atoms with Gasteiger partial charge in [-0.1, -0.05) is 71.1 Å². The van der Waals surface area contributed by atoms with Crippen LogP contribution in [-0.2, 0) is 4.79 Å². The third kappa shape index (κ3) is 11.9. The average molecular weight is 299 g/mol. The first kappa shape index (κ1) is 20.6. The van der Waals surface area contributed by atoms with E-state index < -0.39 is 0 Å². The molecule has 0 aromatic heterocycles. The van der Waals surface area contributed by atoms with Gasteiger partial charge < -0.3 is 4.48 Å². The average Bonchev–Trinajstić information content (AvgIpc) is 2.42. The summed E-state index contributed by atoms with van der Waals surface area (Å²) in [5.74, 6) is 0.429. The molecule has 0 aliphatic rings. The van der Waals surface area contributed by atoms with E-state index >= 15 is 0 Å². The van der Waals surface area contributed by atoms with Crippen LogP contribution in [-0.4, -0.2) is 37.5 Å². The molecule has 1 unspecified atom stereocenters. The molecule has 0 aromatic rings. The number of quaternary nitrogens is 1. The minimum Gasteiger partial charge on any atom is -0.323 e. The third-order valence-electron chi connectivity index (χ3n) is 4.65. The Kier molecular flexibility index (Phi) is 12.0. The van der Waals surface area contributed by atoms with Gasteiger partial charge in [0.2, 0.25) is 0 Å². The second-order valence-electron chi connectivity index (χ2n) is 7.54. The van der Waals surface area contributed by atoms with Crippen LogP contribution < -0.4 is 0 Å². The lowest BCUT2D eigenvalue weighted by atomic mass is 10.0. The zero-order valence-electron chi connectivity index (χ0n) is 15.4. The van der Waals surface area contributed by atoms with Crippen molar-refractivity contribution >= 4 is 5.78 Å². The molecule has 0 radical (unpaired) electrons. The van der Waals surface area contributed by atoms with Crippen molar-refractivity contribution in [3.05, 3.63) is 0 Å². The van der Waals surface area contributed by atoms with Crippen LogP contribution in [0, 0.1) is 0 Å². The Bertz CT molecular complexity index is 255. The Hall–Kier alpha value is -0.370. The van der Waals surface area contributed by atoms with E-state index in [1.807, 2.05) is 0 Å². The molecule has 0 rings (SSSR count). The summed E-state index contributed by atoms with van der Waals surface area (Å²) in [6, 6.07) is 0.133. The van der Waals surface area contributed by atoms with Crippen LogP contribution in [0.1, 0.15) is 90.9 Å². The molecule has 0 aliphatic heterocycles. The zero-order valence-corrected chi connectivity index (χ0v) is 15.4. The normalized spacial score (nSPS) is 13.4. The van der Waals surface area contributed by atoms with Gasteiger partial charge in [-0.25, -0.2) is 0 Å². The number of ketones is 1. The van der Waals surface area contributed by atoms with Crippen molar-refractivity contribution in [1.29, 1.82) is 0 Å². The Morgan fingerprint density at radius 2 is 1.14 bits per heavy atom. The SMILES string of the molecule is CCCCCCCCCCCCCC(=O)C(C)[N+](C)(C)C. The summed E-state index contributed by atoms with van der Waals surface area (Å²) in [5, 5.41) is 0. The molecular weight excluding hydrogens is 258 g/mol. The van der Waals surface area contributed by atoms with Gasteiger partial charge in [0, 0.05) is 6.42 Å². The molecule has 0 N–H and O–H groups in total. The predicted octanol–water partition coefficient (Wildman–Crippen LogP) is 5.35. The Morgan fingerprint density at radius 1 is 0.762 bits per heavy atom. The van der Waals surface area contributed by atoms with Crippen LogP contribution >= 0.6 is 0 Å². The Morgan fingerprint density at radius 3 is 1.52 bits per heavy atom. The molecule has 0 aliphatic carbocycles. The van der Waals surface area contributed by atoms with Crippen molar-refractivity contribution in [2.45, 2.75) is 96.9 Å². The zero-order chi connectivity index (χ0) is 16.1. The summed E-state index contributed by atoms with van der Waals surface area (Å²) in [5.41, 5.74) is 0. The van der Waals surface area contributed by atoms with Crippen molar-refractivity contribution in [3.63, 3.8) is 0 Å². The number of unbranched alkanes of at least 4 members (excludes halogenated alkanes) is 10. The molecule has 2 heteroatoms. The minimum atomic E-state index is 0.133. The van der Waals surface area contributed by atoms with E-state index in [0.717, 1.165) is 17.3 Å². The number of rotatable bonds is 14. The molecule has 1 atom stereocenters. The van der Waals surface area contributed by atoms with Gasteiger partial charge in [-0.2, -0.15) is 0 Å². The maximum atomic E-state index is 12.0. The number of carbonyl (C=O) groups is 1. The molecule has 0 spiro atoms. The van der Waals surface area contributed by atoms with Gasteiger partial charge in [0.25, 0.3) is 0 Å². The van der Waals surface area contributed by atoms with Gasteiger partial charge in [-0.15, -0.1) is 0 Å². The summed E-state index contributed by atoms with van der Waals surface area (Å²) in [6.07, 6.45) is 15.5. The van der Waals surface area contributed by atoms with Crippen molar-refractivity contribution in [2.24, 2.45) is 0 Å². The minimum absolute atomic E-state index is 0.133. The van der Waals surface area contributed by atoms with Gasteiger partial charge >= 0.3 is 0 Å². The molecular formula is C19H40NO+. The fourth-order valence-electron chi connectivity index (χ4n) is 2.60. The first-order valence-corrected chi connectivity index (χ1v) is 9.23. The third-order valence-corrected chi connectivity index (χ3v) is 4.65. The fourth-order valence-corrected chi connectivity index (χ4v) is 2.60. The molecule has 0 heterocycles. The van der Waals surface area contributed by atoms with E-state index in [2.05, 4.69) is 35.0 Å². The second-order valence-corrected chi connectivity index (χ2v) is 7.54. The highest BCUT2D eigenvalue weighted by atomic mass is 16.1. The summed E-state index contributed by atoms with van der Waals surface area (Å²) in [7, 11) is 6.30. The van der Waals surface area contributed by atoms with E-state index in [-0.39, 0.29) is 6.04 Å². The first-order chi connectivity index (χ1) is 9.89. The van der Waals surface area contributed by atoms with Crippen molar-refractivity contribution in [3.8, 4) is 0 Å². The molecule has 0 amide bonds. The van der Waals surface area contributed by atoms with Crippen LogP contribution in [0.4, 0.5) is 0 Å². The fraction of sp³-hybridized carbons (Fsp3) is 0.947. The van der Waals surface area contributed by atoms with Crippen LogP contribution in [0.5, 0.6) is 0 Å². The summed E-state index contributed by atoms with van der Waals surface area (Å²) >= 11 is 0. The van der Waals surface area contributed by atoms with Crippen LogP contribution in [0.2, 0.25) is 0 Å². The number of hydrogen-bond donors (Lipinski definition) is 0. The standard InChI is InChI=1S/C19H40NO/c1-6-7-8-9-10-11-12-13-14-15-16-17-19(21)18(2)20(3,4)5/h18H,6-17H2,1-5H3/q+1. The smallest absolute Gasteiger partial charge is 0.189 e.